The minimum Gasteiger partial charge on any atom is -0.469 e. The lowest BCUT2D eigenvalue weighted by Crippen LogP contribution is -2.42. The van der Waals surface area contributed by atoms with E-state index in [-0.39, 0.29) is 23.9 Å². The number of carbonyl (C=O) groups excluding carboxylic acids is 2. The van der Waals surface area contributed by atoms with Crippen molar-refractivity contribution in [3.63, 3.8) is 0 Å². The van der Waals surface area contributed by atoms with Crippen molar-refractivity contribution < 1.29 is 19.1 Å². The van der Waals surface area contributed by atoms with Crippen LogP contribution in [0.4, 0.5) is 0 Å². The SMILES string of the molecule is COC(=O)C(C)CNC(CC(C)C)C(=O)OC. The molecular weight excluding hydrogens is 222 g/mol. The van der Waals surface area contributed by atoms with Crippen LogP contribution in [0, 0.1) is 11.8 Å². The van der Waals surface area contributed by atoms with Gasteiger partial charge in [-0.15, -0.1) is 0 Å². The van der Waals surface area contributed by atoms with Crippen molar-refractivity contribution in [1.29, 1.82) is 0 Å². The summed E-state index contributed by atoms with van der Waals surface area (Å²) in [6.45, 7) is 6.21. The van der Waals surface area contributed by atoms with Gasteiger partial charge in [-0.2, -0.15) is 0 Å². The molecule has 0 rings (SSSR count). The van der Waals surface area contributed by atoms with Crippen molar-refractivity contribution in [2.75, 3.05) is 20.8 Å². The summed E-state index contributed by atoms with van der Waals surface area (Å²) in [5, 5.41) is 3.04. The summed E-state index contributed by atoms with van der Waals surface area (Å²) in [7, 11) is 2.71. The minimum absolute atomic E-state index is 0.278. The minimum atomic E-state index is -0.368. The maximum Gasteiger partial charge on any atom is 0.322 e. The molecule has 1 N–H and O–H groups in total. The molecule has 0 radical (unpaired) electrons. The summed E-state index contributed by atoms with van der Waals surface area (Å²) in [5.41, 5.74) is 0. The van der Waals surface area contributed by atoms with E-state index in [4.69, 9.17) is 4.74 Å². The van der Waals surface area contributed by atoms with E-state index >= 15 is 0 Å². The van der Waals surface area contributed by atoms with Gasteiger partial charge < -0.3 is 14.8 Å². The van der Waals surface area contributed by atoms with Gasteiger partial charge in [-0.1, -0.05) is 20.8 Å². The van der Waals surface area contributed by atoms with Gasteiger partial charge in [0, 0.05) is 6.54 Å². The lowest BCUT2D eigenvalue weighted by atomic mass is 10.0. The number of esters is 2. The van der Waals surface area contributed by atoms with Gasteiger partial charge in [0.05, 0.1) is 20.1 Å². The Morgan fingerprint density at radius 2 is 1.59 bits per heavy atom. The highest BCUT2D eigenvalue weighted by Gasteiger charge is 2.22. The van der Waals surface area contributed by atoms with Crippen LogP contribution in [-0.4, -0.2) is 38.7 Å². The van der Waals surface area contributed by atoms with Crippen LogP contribution < -0.4 is 5.32 Å². The molecule has 0 saturated heterocycles. The molecule has 2 unspecified atom stereocenters. The fourth-order valence-electron chi connectivity index (χ4n) is 1.48. The molecule has 5 heteroatoms. The lowest BCUT2D eigenvalue weighted by molar-refractivity contribution is -0.146. The van der Waals surface area contributed by atoms with E-state index in [9.17, 15) is 9.59 Å². The standard InChI is InChI=1S/C12H23NO4/c1-8(2)6-10(12(15)17-5)13-7-9(3)11(14)16-4/h8-10,13H,6-7H2,1-5H3. The molecule has 0 aromatic heterocycles. The van der Waals surface area contributed by atoms with Crippen LogP contribution in [0.25, 0.3) is 0 Å². The number of methoxy groups -OCH3 is 2. The predicted octanol–water partition coefficient (Wildman–Crippen LogP) is 0.973. The number of ether oxygens (including phenoxy) is 2. The van der Waals surface area contributed by atoms with E-state index < -0.39 is 0 Å². The third kappa shape index (κ3) is 6.26. The normalized spacial score (nSPS) is 14.2. The van der Waals surface area contributed by atoms with Gasteiger partial charge in [0.2, 0.25) is 0 Å². The number of hydrogen-bond acceptors (Lipinski definition) is 5. The predicted molar refractivity (Wildman–Crippen MR) is 64.4 cm³/mol. The Bertz CT molecular complexity index is 253. The number of carbonyl (C=O) groups is 2. The summed E-state index contributed by atoms with van der Waals surface area (Å²) >= 11 is 0. The number of hydrogen-bond donors (Lipinski definition) is 1. The first kappa shape index (κ1) is 15.9. The largest absolute Gasteiger partial charge is 0.469 e. The highest BCUT2D eigenvalue weighted by molar-refractivity contribution is 5.76. The van der Waals surface area contributed by atoms with Crippen LogP contribution in [0.2, 0.25) is 0 Å². The van der Waals surface area contributed by atoms with Crippen LogP contribution in [-0.2, 0) is 19.1 Å². The van der Waals surface area contributed by atoms with Gasteiger partial charge in [-0.25, -0.2) is 0 Å². The average Bonchev–Trinajstić information content (AvgIpc) is 2.31. The molecule has 0 fully saturated rings. The molecule has 0 amide bonds. The summed E-state index contributed by atoms with van der Waals surface area (Å²) < 4.78 is 9.33. The Morgan fingerprint density at radius 1 is 1.06 bits per heavy atom. The molecule has 0 aromatic carbocycles. The first-order valence-corrected chi connectivity index (χ1v) is 5.81. The molecule has 0 aliphatic rings. The Labute approximate surface area is 103 Å². The summed E-state index contributed by atoms with van der Waals surface area (Å²) in [6, 6.07) is -0.368. The van der Waals surface area contributed by atoms with E-state index in [1.807, 2.05) is 13.8 Å². The van der Waals surface area contributed by atoms with E-state index in [0.29, 0.717) is 18.9 Å². The average molecular weight is 245 g/mol. The zero-order chi connectivity index (χ0) is 13.4. The molecule has 0 heterocycles. The van der Waals surface area contributed by atoms with Gasteiger partial charge in [-0.05, 0) is 12.3 Å². The first-order chi connectivity index (χ1) is 7.92. The molecule has 0 aromatic rings. The second-order valence-electron chi connectivity index (χ2n) is 4.54. The maximum atomic E-state index is 11.5. The molecule has 0 aliphatic carbocycles. The molecule has 0 saturated carbocycles. The van der Waals surface area contributed by atoms with E-state index in [1.54, 1.807) is 6.92 Å². The van der Waals surface area contributed by atoms with Crippen LogP contribution >= 0.6 is 0 Å². The van der Waals surface area contributed by atoms with Crippen LogP contribution in [0.15, 0.2) is 0 Å². The van der Waals surface area contributed by atoms with Gasteiger partial charge in [0.1, 0.15) is 6.04 Å². The Hall–Kier alpha value is -1.10. The Morgan fingerprint density at radius 3 is 2.00 bits per heavy atom. The van der Waals surface area contributed by atoms with Crippen LogP contribution in [0.3, 0.4) is 0 Å². The van der Waals surface area contributed by atoms with Gasteiger partial charge >= 0.3 is 11.9 Å². The molecule has 2 atom stereocenters. The molecule has 0 aliphatic heterocycles. The second kappa shape index (κ2) is 8.06. The summed E-state index contributed by atoms with van der Waals surface area (Å²) in [6.07, 6.45) is 0.681. The van der Waals surface area contributed by atoms with Crippen molar-refractivity contribution in [3.05, 3.63) is 0 Å². The third-order valence-electron chi connectivity index (χ3n) is 2.47. The van der Waals surface area contributed by atoms with Gasteiger partial charge in [0.15, 0.2) is 0 Å². The Kier molecular flexibility index (Phi) is 7.54. The van der Waals surface area contributed by atoms with Crippen molar-refractivity contribution in [3.8, 4) is 0 Å². The number of nitrogens with one attached hydrogen (secondary N) is 1. The zero-order valence-electron chi connectivity index (χ0n) is 11.3. The van der Waals surface area contributed by atoms with E-state index in [2.05, 4.69) is 10.1 Å². The van der Waals surface area contributed by atoms with E-state index in [1.165, 1.54) is 14.2 Å². The second-order valence-corrected chi connectivity index (χ2v) is 4.54. The fraction of sp³-hybridized carbons (Fsp3) is 0.833. The summed E-state index contributed by atoms with van der Waals surface area (Å²) in [4.78, 5) is 22.7. The van der Waals surface area contributed by atoms with Crippen LogP contribution in [0.1, 0.15) is 27.2 Å². The molecule has 100 valence electrons. The molecule has 5 nitrogen and oxygen atoms in total. The molecule has 0 spiro atoms. The highest BCUT2D eigenvalue weighted by Crippen LogP contribution is 2.07. The van der Waals surface area contributed by atoms with Gasteiger partial charge in [0.25, 0.3) is 0 Å². The molecular formula is C12H23NO4. The molecule has 17 heavy (non-hydrogen) atoms. The summed E-state index contributed by atoms with van der Waals surface area (Å²) in [5.74, 6) is -0.485. The maximum absolute atomic E-state index is 11.5. The molecule has 0 bridgehead atoms. The van der Waals surface area contributed by atoms with Crippen molar-refractivity contribution in [2.24, 2.45) is 11.8 Å². The topological polar surface area (TPSA) is 64.6 Å². The monoisotopic (exact) mass is 245 g/mol. The highest BCUT2D eigenvalue weighted by atomic mass is 16.5. The van der Waals surface area contributed by atoms with Gasteiger partial charge in [-0.3, -0.25) is 9.59 Å². The fourth-order valence-corrected chi connectivity index (χ4v) is 1.48. The first-order valence-electron chi connectivity index (χ1n) is 5.81. The Balaban J connectivity index is 4.25. The van der Waals surface area contributed by atoms with Crippen molar-refractivity contribution in [1.82, 2.24) is 5.32 Å². The van der Waals surface area contributed by atoms with Crippen LogP contribution in [0.5, 0.6) is 0 Å². The van der Waals surface area contributed by atoms with Crippen molar-refractivity contribution in [2.45, 2.75) is 33.2 Å². The van der Waals surface area contributed by atoms with Crippen molar-refractivity contribution >= 4 is 11.9 Å². The third-order valence-corrected chi connectivity index (χ3v) is 2.47. The smallest absolute Gasteiger partial charge is 0.322 e. The zero-order valence-corrected chi connectivity index (χ0v) is 11.3. The van der Waals surface area contributed by atoms with E-state index in [0.717, 1.165) is 0 Å². The quantitative estimate of drug-likeness (QED) is 0.677. The number of rotatable bonds is 7. The lowest BCUT2D eigenvalue weighted by Gasteiger charge is -2.19.